The van der Waals surface area contributed by atoms with Gasteiger partial charge in [0.25, 0.3) is 11.8 Å². The normalized spacial score (nSPS) is 18.0. The van der Waals surface area contributed by atoms with Crippen molar-refractivity contribution in [3.8, 4) is 10.7 Å². The average Bonchev–Trinajstić information content (AvgIpc) is 3.35. The van der Waals surface area contributed by atoms with E-state index in [1.807, 2.05) is 17.5 Å². The summed E-state index contributed by atoms with van der Waals surface area (Å²) in [5.41, 5.74) is 0.530. The minimum atomic E-state index is -0.396. The summed E-state index contributed by atoms with van der Waals surface area (Å²) in [5.74, 6) is 0.793. The number of ether oxygens (including phenoxy) is 1. The Morgan fingerprint density at radius 1 is 1.46 bits per heavy atom. The van der Waals surface area contributed by atoms with Crippen molar-refractivity contribution in [3.63, 3.8) is 0 Å². The van der Waals surface area contributed by atoms with Crippen LogP contribution < -0.4 is 0 Å². The van der Waals surface area contributed by atoms with Crippen molar-refractivity contribution >= 4 is 17.2 Å². The molecule has 0 N–H and O–H groups in total. The Bertz CT molecular complexity index is 841. The average molecular weight is 345 g/mol. The van der Waals surface area contributed by atoms with Crippen molar-refractivity contribution in [2.75, 3.05) is 19.8 Å². The summed E-state index contributed by atoms with van der Waals surface area (Å²) in [6, 6.07) is 3.46. The lowest BCUT2D eigenvalue weighted by molar-refractivity contribution is -0.0119. The zero-order valence-electron chi connectivity index (χ0n) is 13.0. The van der Waals surface area contributed by atoms with Crippen LogP contribution in [0.2, 0.25) is 0 Å². The molecule has 9 heteroatoms. The molecule has 4 rings (SSSR count). The summed E-state index contributed by atoms with van der Waals surface area (Å²) in [6.45, 7) is 1.28. The molecule has 0 bridgehead atoms. The Labute approximate surface area is 141 Å². The first-order valence-electron chi connectivity index (χ1n) is 7.47. The highest BCUT2D eigenvalue weighted by Crippen LogP contribution is 2.28. The molecule has 8 nitrogen and oxygen atoms in total. The third-order valence-electron chi connectivity index (χ3n) is 3.81. The number of morpholine rings is 1. The van der Waals surface area contributed by atoms with Crippen LogP contribution in [0, 0.1) is 0 Å². The molecule has 1 atom stereocenters. The van der Waals surface area contributed by atoms with Crippen LogP contribution in [0.5, 0.6) is 0 Å². The van der Waals surface area contributed by atoms with Gasteiger partial charge in [-0.15, -0.1) is 11.3 Å². The fourth-order valence-corrected chi connectivity index (χ4v) is 3.27. The highest BCUT2D eigenvalue weighted by atomic mass is 32.1. The Hall–Kier alpha value is -2.52. The largest absolute Gasteiger partial charge is 0.377 e. The van der Waals surface area contributed by atoms with Crippen molar-refractivity contribution in [2.24, 2.45) is 7.05 Å². The first-order valence-corrected chi connectivity index (χ1v) is 8.35. The van der Waals surface area contributed by atoms with Crippen molar-refractivity contribution in [2.45, 2.75) is 6.04 Å². The summed E-state index contributed by atoms with van der Waals surface area (Å²) in [6.07, 6.45) is 3.25. The Balaban J connectivity index is 1.61. The van der Waals surface area contributed by atoms with E-state index in [0.717, 1.165) is 4.88 Å². The van der Waals surface area contributed by atoms with E-state index in [1.165, 1.54) is 11.3 Å². The van der Waals surface area contributed by atoms with Gasteiger partial charge in [-0.3, -0.25) is 9.48 Å². The van der Waals surface area contributed by atoms with E-state index in [9.17, 15) is 4.79 Å². The number of carbonyl (C=O) groups is 1. The molecule has 1 aliphatic rings. The highest BCUT2D eigenvalue weighted by molar-refractivity contribution is 7.13. The number of nitrogens with zero attached hydrogens (tertiary/aromatic N) is 5. The summed E-state index contributed by atoms with van der Waals surface area (Å²) in [4.78, 5) is 19.8. The van der Waals surface area contributed by atoms with E-state index >= 15 is 0 Å². The van der Waals surface area contributed by atoms with Crippen LogP contribution in [0.4, 0.5) is 0 Å². The molecule has 0 aromatic carbocycles. The molecule has 1 saturated heterocycles. The number of hydrogen-bond acceptors (Lipinski definition) is 7. The Kier molecular flexibility index (Phi) is 3.87. The predicted molar refractivity (Wildman–Crippen MR) is 85.4 cm³/mol. The van der Waals surface area contributed by atoms with Gasteiger partial charge in [0.15, 0.2) is 0 Å². The third-order valence-corrected chi connectivity index (χ3v) is 4.68. The van der Waals surface area contributed by atoms with Crippen LogP contribution in [0.25, 0.3) is 10.7 Å². The molecular weight excluding hydrogens is 330 g/mol. The van der Waals surface area contributed by atoms with Crippen LogP contribution in [0.15, 0.2) is 34.4 Å². The van der Waals surface area contributed by atoms with Crippen LogP contribution in [0.1, 0.15) is 22.3 Å². The quantitative estimate of drug-likeness (QED) is 0.719. The first-order chi connectivity index (χ1) is 11.7. The van der Waals surface area contributed by atoms with Gasteiger partial charge in [0.05, 0.1) is 29.9 Å². The molecular formula is C15H15N5O3S. The molecule has 1 amide bonds. The second-order valence-electron chi connectivity index (χ2n) is 5.43. The van der Waals surface area contributed by atoms with Gasteiger partial charge in [0.2, 0.25) is 5.82 Å². The number of rotatable bonds is 3. The van der Waals surface area contributed by atoms with Crippen molar-refractivity contribution in [3.05, 3.63) is 41.4 Å². The van der Waals surface area contributed by atoms with Gasteiger partial charge in [0.1, 0.15) is 6.04 Å². The molecule has 124 valence electrons. The van der Waals surface area contributed by atoms with Crippen molar-refractivity contribution in [1.82, 2.24) is 24.8 Å². The summed E-state index contributed by atoms with van der Waals surface area (Å²) in [5, 5.41) is 10.0. The highest BCUT2D eigenvalue weighted by Gasteiger charge is 2.34. The minimum absolute atomic E-state index is 0.118. The minimum Gasteiger partial charge on any atom is -0.377 e. The third kappa shape index (κ3) is 2.72. The molecule has 0 unspecified atom stereocenters. The van der Waals surface area contributed by atoms with Gasteiger partial charge in [-0.25, -0.2) is 0 Å². The predicted octanol–water partition coefficient (Wildman–Crippen LogP) is 1.75. The second-order valence-corrected chi connectivity index (χ2v) is 6.37. The zero-order chi connectivity index (χ0) is 16.5. The number of thiophene rings is 1. The lowest BCUT2D eigenvalue weighted by atomic mass is 10.2. The number of aromatic nitrogens is 4. The lowest BCUT2D eigenvalue weighted by Gasteiger charge is -2.32. The van der Waals surface area contributed by atoms with Gasteiger partial charge in [0, 0.05) is 19.8 Å². The molecule has 1 aliphatic heterocycles. The monoisotopic (exact) mass is 345 g/mol. The zero-order valence-corrected chi connectivity index (χ0v) is 13.8. The molecule has 0 aliphatic carbocycles. The van der Waals surface area contributed by atoms with Gasteiger partial charge >= 0.3 is 0 Å². The van der Waals surface area contributed by atoms with Crippen LogP contribution in [-0.4, -0.2) is 50.5 Å². The summed E-state index contributed by atoms with van der Waals surface area (Å²) < 4.78 is 12.5. The Morgan fingerprint density at radius 3 is 3.12 bits per heavy atom. The first kappa shape index (κ1) is 15.0. The van der Waals surface area contributed by atoms with Crippen molar-refractivity contribution < 1.29 is 14.1 Å². The van der Waals surface area contributed by atoms with Crippen molar-refractivity contribution in [1.29, 1.82) is 0 Å². The molecule has 1 fully saturated rings. The Morgan fingerprint density at radius 2 is 2.38 bits per heavy atom. The van der Waals surface area contributed by atoms with E-state index in [4.69, 9.17) is 9.26 Å². The van der Waals surface area contributed by atoms with Gasteiger partial charge in [-0.1, -0.05) is 11.2 Å². The number of aryl methyl sites for hydroxylation is 1. The topological polar surface area (TPSA) is 86.3 Å². The van der Waals surface area contributed by atoms with E-state index in [0.29, 0.717) is 37.0 Å². The van der Waals surface area contributed by atoms with E-state index < -0.39 is 6.04 Å². The second kappa shape index (κ2) is 6.17. The van der Waals surface area contributed by atoms with Gasteiger partial charge in [-0.2, -0.15) is 10.1 Å². The lowest BCUT2D eigenvalue weighted by Crippen LogP contribution is -2.43. The molecule has 4 heterocycles. The molecule has 3 aromatic heterocycles. The molecule has 3 aromatic rings. The SMILES string of the molecule is Cn1cc(C(=O)N2CCOC[C@H]2c2nc(-c3cccs3)no2)cn1. The molecule has 24 heavy (non-hydrogen) atoms. The standard InChI is InChI=1S/C15H15N5O3S/c1-19-8-10(7-16-19)15(21)20-4-5-22-9-11(20)14-17-13(18-23-14)12-3-2-6-24-12/h2-3,6-8,11H,4-5,9H2,1H3/t11-/m0/s1. The maximum absolute atomic E-state index is 12.8. The smallest absolute Gasteiger partial charge is 0.257 e. The van der Waals surface area contributed by atoms with Crippen LogP contribution in [0.3, 0.4) is 0 Å². The summed E-state index contributed by atoms with van der Waals surface area (Å²) in [7, 11) is 1.78. The molecule has 0 spiro atoms. The fourth-order valence-electron chi connectivity index (χ4n) is 2.63. The fraction of sp³-hybridized carbons (Fsp3) is 0.333. The van der Waals surface area contributed by atoms with Gasteiger partial charge < -0.3 is 14.2 Å². The number of carbonyl (C=O) groups excluding carboxylic acids is 1. The van der Waals surface area contributed by atoms with E-state index in [2.05, 4.69) is 15.2 Å². The number of hydrogen-bond donors (Lipinski definition) is 0. The summed E-state index contributed by atoms with van der Waals surface area (Å²) >= 11 is 1.53. The van der Waals surface area contributed by atoms with E-state index in [-0.39, 0.29) is 5.91 Å². The van der Waals surface area contributed by atoms with E-state index in [1.54, 1.807) is 29.0 Å². The molecule has 0 radical (unpaired) electrons. The van der Waals surface area contributed by atoms with Crippen LogP contribution >= 0.6 is 11.3 Å². The maximum Gasteiger partial charge on any atom is 0.257 e. The van der Waals surface area contributed by atoms with Crippen LogP contribution in [-0.2, 0) is 11.8 Å². The molecule has 0 saturated carbocycles. The maximum atomic E-state index is 12.8. The number of amides is 1. The van der Waals surface area contributed by atoms with Gasteiger partial charge in [-0.05, 0) is 11.4 Å².